The van der Waals surface area contributed by atoms with Crippen LogP contribution in [0.25, 0.3) is 17.2 Å². The van der Waals surface area contributed by atoms with Crippen LogP contribution in [-0.4, -0.2) is 38.5 Å². The van der Waals surface area contributed by atoms with Gasteiger partial charge in [-0.3, -0.25) is 9.20 Å². The fourth-order valence-corrected chi connectivity index (χ4v) is 4.89. The summed E-state index contributed by atoms with van der Waals surface area (Å²) in [6.45, 7) is 0. The highest BCUT2D eigenvalue weighted by molar-refractivity contribution is 7.91. The van der Waals surface area contributed by atoms with Crippen LogP contribution >= 0.6 is 0 Å². The largest absolute Gasteiger partial charge is 0.294 e. The number of nitrogens with zero attached hydrogens (tertiary/aromatic N) is 5. The molecule has 3 heterocycles. The number of ketones is 1. The molecule has 0 spiro atoms. The SMILES string of the molecule is O=C(CCc1ccc(S(=O)(=O)c2cccc(-c3ncccn3)c2)cc1)c1cnc2nccn2c1. The van der Waals surface area contributed by atoms with Crippen LogP contribution in [0.2, 0.25) is 0 Å². The molecular weight excluding hydrogens is 450 g/mol. The predicted molar refractivity (Wildman–Crippen MR) is 125 cm³/mol. The second-order valence-corrected chi connectivity index (χ2v) is 9.60. The van der Waals surface area contributed by atoms with Gasteiger partial charge in [-0.15, -0.1) is 0 Å². The Bertz CT molecular complexity index is 1580. The zero-order valence-electron chi connectivity index (χ0n) is 17.9. The number of aromatic nitrogens is 5. The van der Waals surface area contributed by atoms with Crippen LogP contribution in [0.1, 0.15) is 22.3 Å². The Kier molecular flexibility index (Phi) is 5.69. The molecule has 0 aliphatic heterocycles. The first kappa shape index (κ1) is 21.6. The zero-order chi connectivity index (χ0) is 23.5. The van der Waals surface area contributed by atoms with Gasteiger partial charge in [-0.25, -0.2) is 28.4 Å². The summed E-state index contributed by atoms with van der Waals surface area (Å²) in [5.74, 6) is 0.955. The molecule has 0 N–H and O–H groups in total. The second-order valence-electron chi connectivity index (χ2n) is 7.65. The molecule has 2 aromatic carbocycles. The average Bonchev–Trinajstić information content (AvgIpc) is 3.36. The Morgan fingerprint density at radius 1 is 0.853 bits per heavy atom. The number of Topliss-reactive ketones (excluding diaryl/α,β-unsaturated/α-hetero) is 1. The molecule has 0 aliphatic carbocycles. The van der Waals surface area contributed by atoms with E-state index in [1.165, 1.54) is 6.20 Å². The van der Waals surface area contributed by atoms with E-state index in [1.807, 2.05) is 0 Å². The van der Waals surface area contributed by atoms with Gasteiger partial charge in [0.05, 0.1) is 15.4 Å². The van der Waals surface area contributed by atoms with Crippen LogP contribution in [0.15, 0.2) is 102 Å². The lowest BCUT2D eigenvalue weighted by atomic mass is 10.0. The van der Waals surface area contributed by atoms with Crippen molar-refractivity contribution in [2.75, 3.05) is 0 Å². The number of carbonyl (C=O) groups excluding carboxylic acids is 1. The molecule has 5 rings (SSSR count). The van der Waals surface area contributed by atoms with E-state index < -0.39 is 9.84 Å². The topological polar surface area (TPSA) is 107 Å². The summed E-state index contributed by atoms with van der Waals surface area (Å²) in [5.41, 5.74) is 2.00. The maximum Gasteiger partial charge on any atom is 0.233 e. The van der Waals surface area contributed by atoms with Crippen molar-refractivity contribution in [2.24, 2.45) is 0 Å². The highest BCUT2D eigenvalue weighted by atomic mass is 32.2. The molecule has 9 heteroatoms. The maximum atomic E-state index is 13.2. The van der Waals surface area contributed by atoms with Gasteiger partial charge in [0.15, 0.2) is 11.6 Å². The van der Waals surface area contributed by atoms with E-state index in [2.05, 4.69) is 19.9 Å². The van der Waals surface area contributed by atoms with E-state index in [0.29, 0.717) is 29.1 Å². The standard InChI is InChI=1S/C25H19N5O3S/c31-23(20-16-29-25-28-13-14-30(25)17-20)10-7-18-5-8-21(9-6-18)34(32,33)22-4-1-3-19(15-22)24-26-11-2-12-27-24/h1-6,8-9,11-17H,7,10H2. The van der Waals surface area contributed by atoms with E-state index in [-0.39, 0.29) is 22.0 Å². The van der Waals surface area contributed by atoms with E-state index in [1.54, 1.807) is 90.0 Å². The lowest BCUT2D eigenvalue weighted by Crippen LogP contribution is -2.05. The van der Waals surface area contributed by atoms with Crippen LogP contribution in [-0.2, 0) is 16.3 Å². The molecule has 8 nitrogen and oxygen atoms in total. The van der Waals surface area contributed by atoms with Crippen molar-refractivity contribution in [1.82, 2.24) is 24.3 Å². The van der Waals surface area contributed by atoms with Gasteiger partial charge in [0.25, 0.3) is 0 Å². The van der Waals surface area contributed by atoms with Gasteiger partial charge >= 0.3 is 0 Å². The van der Waals surface area contributed by atoms with Crippen molar-refractivity contribution < 1.29 is 13.2 Å². The first-order chi connectivity index (χ1) is 16.5. The van der Waals surface area contributed by atoms with Gasteiger partial charge in [-0.1, -0.05) is 24.3 Å². The van der Waals surface area contributed by atoms with Crippen molar-refractivity contribution in [1.29, 1.82) is 0 Å². The van der Waals surface area contributed by atoms with E-state index >= 15 is 0 Å². The van der Waals surface area contributed by atoms with Crippen molar-refractivity contribution in [2.45, 2.75) is 22.6 Å². The smallest absolute Gasteiger partial charge is 0.233 e. The lowest BCUT2D eigenvalue weighted by Gasteiger charge is -2.08. The molecule has 0 radical (unpaired) electrons. The Hall–Kier alpha value is -4.24. The minimum absolute atomic E-state index is 0.0419. The highest BCUT2D eigenvalue weighted by Gasteiger charge is 2.19. The molecule has 0 saturated carbocycles. The third-order valence-electron chi connectivity index (χ3n) is 5.41. The number of benzene rings is 2. The molecule has 0 atom stereocenters. The first-order valence-electron chi connectivity index (χ1n) is 10.5. The Morgan fingerprint density at radius 2 is 1.65 bits per heavy atom. The van der Waals surface area contributed by atoms with Crippen molar-refractivity contribution in [3.63, 3.8) is 0 Å². The maximum absolute atomic E-state index is 13.2. The summed E-state index contributed by atoms with van der Waals surface area (Å²) < 4.78 is 28.0. The minimum Gasteiger partial charge on any atom is -0.294 e. The third kappa shape index (κ3) is 4.33. The molecule has 0 bridgehead atoms. The van der Waals surface area contributed by atoms with Gasteiger partial charge in [-0.2, -0.15) is 0 Å². The number of sulfone groups is 1. The molecule has 0 saturated heterocycles. The Labute approximate surface area is 195 Å². The summed E-state index contributed by atoms with van der Waals surface area (Å²) in [5, 5.41) is 0. The number of carbonyl (C=O) groups is 1. The van der Waals surface area contributed by atoms with Crippen LogP contribution in [0, 0.1) is 0 Å². The molecule has 0 unspecified atom stereocenters. The fourth-order valence-electron chi connectivity index (χ4n) is 3.58. The summed E-state index contributed by atoms with van der Waals surface area (Å²) >= 11 is 0. The number of hydrogen-bond acceptors (Lipinski definition) is 7. The summed E-state index contributed by atoms with van der Waals surface area (Å²) in [6, 6.07) is 14.9. The Balaban J connectivity index is 1.30. The van der Waals surface area contributed by atoms with Crippen LogP contribution in [0.3, 0.4) is 0 Å². The van der Waals surface area contributed by atoms with Crippen molar-refractivity contribution >= 4 is 21.4 Å². The summed E-state index contributed by atoms with van der Waals surface area (Å²) in [7, 11) is -3.72. The molecule has 3 aromatic heterocycles. The molecular formula is C25H19N5O3S. The molecule has 0 amide bonds. The van der Waals surface area contributed by atoms with E-state index in [9.17, 15) is 13.2 Å². The van der Waals surface area contributed by atoms with Crippen molar-refractivity contribution in [3.8, 4) is 11.4 Å². The van der Waals surface area contributed by atoms with Crippen LogP contribution in [0.4, 0.5) is 0 Å². The van der Waals surface area contributed by atoms with Gasteiger partial charge in [0.2, 0.25) is 15.6 Å². The molecule has 5 aromatic rings. The second kappa shape index (κ2) is 8.95. The predicted octanol–water partition coefficient (Wildman–Crippen LogP) is 3.83. The fraction of sp³-hybridized carbons (Fsp3) is 0.0800. The number of fused-ring (bicyclic) bond motifs is 1. The van der Waals surface area contributed by atoms with Gasteiger partial charge in [-0.05, 0) is 42.3 Å². The zero-order valence-corrected chi connectivity index (χ0v) is 18.8. The summed E-state index contributed by atoms with van der Waals surface area (Å²) in [6.07, 6.45) is 10.6. The number of hydrogen-bond donors (Lipinski definition) is 0. The molecule has 168 valence electrons. The average molecular weight is 470 g/mol. The van der Waals surface area contributed by atoms with Crippen LogP contribution in [0.5, 0.6) is 0 Å². The highest BCUT2D eigenvalue weighted by Crippen LogP contribution is 2.25. The number of rotatable bonds is 7. The normalized spacial score (nSPS) is 11.5. The Morgan fingerprint density at radius 3 is 2.44 bits per heavy atom. The van der Waals surface area contributed by atoms with Gasteiger partial charge in [0.1, 0.15) is 0 Å². The lowest BCUT2D eigenvalue weighted by molar-refractivity contribution is 0.0982. The van der Waals surface area contributed by atoms with E-state index in [4.69, 9.17) is 0 Å². The molecule has 0 fully saturated rings. The van der Waals surface area contributed by atoms with Gasteiger partial charge in [0, 0.05) is 49.2 Å². The van der Waals surface area contributed by atoms with E-state index in [0.717, 1.165) is 5.56 Å². The van der Waals surface area contributed by atoms with Crippen LogP contribution < -0.4 is 0 Å². The number of aryl methyl sites for hydroxylation is 1. The molecule has 0 aliphatic rings. The molecule has 34 heavy (non-hydrogen) atoms. The number of imidazole rings is 1. The quantitative estimate of drug-likeness (QED) is 0.333. The third-order valence-corrected chi connectivity index (χ3v) is 7.18. The first-order valence-corrected chi connectivity index (χ1v) is 12.0. The van der Waals surface area contributed by atoms with Crippen molar-refractivity contribution in [3.05, 3.63) is 103 Å². The monoisotopic (exact) mass is 469 g/mol. The van der Waals surface area contributed by atoms with Gasteiger partial charge < -0.3 is 0 Å². The summed E-state index contributed by atoms with van der Waals surface area (Å²) in [4.78, 5) is 29.5. The minimum atomic E-state index is -3.72.